The molecular weight excluding hydrogens is 519 g/mol. The van der Waals surface area contributed by atoms with Crippen LogP contribution in [0.15, 0.2) is 64.0 Å². The number of imidazole rings is 1. The number of nitrogens with one attached hydrogen (secondary N) is 3. The van der Waals surface area contributed by atoms with Crippen LogP contribution in [0.3, 0.4) is 0 Å². The van der Waals surface area contributed by atoms with Crippen molar-refractivity contribution in [1.29, 1.82) is 0 Å². The van der Waals surface area contributed by atoms with Crippen LogP contribution in [0.5, 0.6) is 0 Å². The summed E-state index contributed by atoms with van der Waals surface area (Å²) >= 11 is 3.94. The van der Waals surface area contributed by atoms with Crippen LogP contribution in [0, 0.1) is 5.92 Å². The average Bonchev–Trinajstić information content (AvgIpc) is 3.78. The van der Waals surface area contributed by atoms with Crippen LogP contribution in [-0.4, -0.2) is 57.8 Å². The predicted molar refractivity (Wildman–Crippen MR) is 170 cm³/mol. The molecule has 2 saturated heterocycles. The number of hydrogen-bond donors (Lipinski definition) is 3. The fraction of sp³-hybridized carbons (Fsp3) is 0.562. The highest BCUT2D eigenvalue weighted by molar-refractivity contribution is 7.99. The molecule has 0 bridgehead atoms. The van der Waals surface area contributed by atoms with Crippen LogP contribution in [0.4, 0.5) is 0 Å². The van der Waals surface area contributed by atoms with E-state index in [1.807, 2.05) is 29.7 Å². The zero-order chi connectivity index (χ0) is 26.8. The van der Waals surface area contributed by atoms with E-state index in [0.29, 0.717) is 23.3 Å². The van der Waals surface area contributed by atoms with E-state index in [1.165, 1.54) is 52.2 Å². The molecule has 0 spiro atoms. The minimum atomic E-state index is 0.356. The van der Waals surface area contributed by atoms with E-state index in [-0.39, 0.29) is 0 Å². The number of aromatic amines is 1. The van der Waals surface area contributed by atoms with E-state index < -0.39 is 0 Å². The maximum Gasteiger partial charge on any atom is 0.123 e. The lowest BCUT2D eigenvalue weighted by Gasteiger charge is -2.28. The molecule has 3 N–H and O–H groups in total. The summed E-state index contributed by atoms with van der Waals surface area (Å²) in [5.74, 6) is 1.67. The molecule has 3 aliphatic heterocycles. The Morgan fingerprint density at radius 2 is 1.44 bits per heavy atom. The molecule has 5 aliphatic rings. The Kier molecular flexibility index (Phi) is 8.69. The van der Waals surface area contributed by atoms with Gasteiger partial charge >= 0.3 is 0 Å². The fourth-order valence-electron chi connectivity index (χ4n) is 6.72. The van der Waals surface area contributed by atoms with Gasteiger partial charge in [-0.1, -0.05) is 37.3 Å². The molecule has 0 amide bonds. The lowest BCUT2D eigenvalue weighted by atomic mass is 9.84. The van der Waals surface area contributed by atoms with Gasteiger partial charge < -0.3 is 15.6 Å². The van der Waals surface area contributed by atoms with Gasteiger partial charge in [-0.05, 0) is 86.2 Å². The molecule has 0 saturated carbocycles. The summed E-state index contributed by atoms with van der Waals surface area (Å²) in [6.07, 6.45) is 27.3. The van der Waals surface area contributed by atoms with Gasteiger partial charge in [-0.15, -0.1) is 0 Å². The van der Waals surface area contributed by atoms with Gasteiger partial charge in [-0.2, -0.15) is 23.5 Å². The molecule has 1 aromatic rings. The molecule has 2 fully saturated rings. The number of aromatic nitrogens is 2. The van der Waals surface area contributed by atoms with Gasteiger partial charge in [-0.3, -0.25) is 4.99 Å². The Balaban J connectivity index is 1.12. The second-order valence-electron chi connectivity index (χ2n) is 11.5. The highest BCUT2D eigenvalue weighted by Crippen LogP contribution is 2.37. The van der Waals surface area contributed by atoms with Crippen LogP contribution in [-0.2, 0) is 0 Å². The Bertz CT molecular complexity index is 1250. The lowest BCUT2D eigenvalue weighted by Crippen LogP contribution is -2.36. The third-order valence-electron chi connectivity index (χ3n) is 9.27. The number of rotatable bonds is 8. The highest BCUT2D eigenvalue weighted by Gasteiger charge is 2.33. The van der Waals surface area contributed by atoms with E-state index in [1.54, 1.807) is 0 Å². The van der Waals surface area contributed by atoms with Crippen molar-refractivity contribution in [3.63, 3.8) is 0 Å². The van der Waals surface area contributed by atoms with Gasteiger partial charge in [0.15, 0.2) is 0 Å². The first-order chi connectivity index (χ1) is 19.1. The quantitative estimate of drug-likeness (QED) is 0.327. The largest absolute Gasteiger partial charge is 0.341 e. The maximum absolute atomic E-state index is 5.30. The van der Waals surface area contributed by atoms with Crippen molar-refractivity contribution in [1.82, 2.24) is 20.6 Å². The molecule has 2 aliphatic carbocycles. The normalized spacial score (nSPS) is 31.3. The van der Waals surface area contributed by atoms with E-state index in [9.17, 15) is 0 Å². The molecule has 5 nitrogen and oxygen atoms in total. The standard InChI is InChI=1S/C32H43N5S2/c1-4-20-13-14-27(36-31(20)28-15-25(38-2)17-33-28)23-9-5-21(6-10-23)22-7-11-24(12-8-22)30-19-35-32(37-30)29-16-26(39-3)18-34-29/h5,7,9,11,14,19-20,25-26,28-29,33-34H,4,6,8,10,12-13,15-18H2,1-3H3,(H,35,37). The number of H-pyrrole nitrogens is 1. The van der Waals surface area contributed by atoms with E-state index in [2.05, 4.69) is 65.4 Å². The summed E-state index contributed by atoms with van der Waals surface area (Å²) in [5.41, 5.74) is 9.57. The molecular formula is C32H43N5S2. The minimum absolute atomic E-state index is 0.356. The summed E-state index contributed by atoms with van der Waals surface area (Å²) in [6.45, 7) is 4.49. The molecule has 5 unspecified atom stereocenters. The third-order valence-corrected chi connectivity index (χ3v) is 11.3. The number of nitrogens with zero attached hydrogens (tertiary/aromatic N) is 2. The number of allylic oxidation sites excluding steroid dienone is 9. The minimum Gasteiger partial charge on any atom is -0.341 e. The molecule has 0 radical (unpaired) electrons. The van der Waals surface area contributed by atoms with Crippen molar-refractivity contribution in [2.75, 3.05) is 25.6 Å². The van der Waals surface area contributed by atoms with Crippen molar-refractivity contribution < 1.29 is 0 Å². The zero-order valence-electron chi connectivity index (χ0n) is 23.6. The van der Waals surface area contributed by atoms with E-state index in [0.717, 1.165) is 62.7 Å². The first-order valence-corrected chi connectivity index (χ1v) is 17.4. The van der Waals surface area contributed by atoms with Crippen LogP contribution >= 0.6 is 23.5 Å². The maximum atomic E-state index is 5.30. The summed E-state index contributed by atoms with van der Waals surface area (Å²) in [7, 11) is 0. The molecule has 5 atom stereocenters. The predicted octanol–water partition coefficient (Wildman–Crippen LogP) is 6.77. The van der Waals surface area contributed by atoms with E-state index >= 15 is 0 Å². The van der Waals surface area contributed by atoms with Gasteiger partial charge in [0.2, 0.25) is 0 Å². The Morgan fingerprint density at radius 3 is 2.05 bits per heavy atom. The zero-order valence-corrected chi connectivity index (χ0v) is 25.3. The Hall–Kier alpha value is -1.80. The lowest BCUT2D eigenvalue weighted by molar-refractivity contribution is 0.612. The number of hydrogen-bond acceptors (Lipinski definition) is 6. The van der Waals surface area contributed by atoms with Crippen molar-refractivity contribution in [3.8, 4) is 0 Å². The van der Waals surface area contributed by atoms with Crippen LogP contribution in [0.2, 0.25) is 0 Å². The van der Waals surface area contributed by atoms with Crippen molar-refractivity contribution in [3.05, 3.63) is 70.5 Å². The van der Waals surface area contributed by atoms with Gasteiger partial charge in [0.05, 0.1) is 23.6 Å². The Labute approximate surface area is 242 Å². The van der Waals surface area contributed by atoms with Crippen molar-refractivity contribution in [2.45, 2.75) is 80.9 Å². The molecule has 7 heteroatoms. The SMILES string of the molecule is CCC1CC=C(C2=CC=C(C3=CC=C(c4cnc(C5CC(SC)CN5)[nH]4)CC3)CC2)N=C1C1CC(SC)CN1. The molecule has 6 rings (SSSR count). The van der Waals surface area contributed by atoms with Gasteiger partial charge in [0, 0.05) is 41.3 Å². The van der Waals surface area contributed by atoms with Crippen LogP contribution in [0.25, 0.3) is 5.57 Å². The second-order valence-corrected chi connectivity index (χ2v) is 13.8. The Morgan fingerprint density at radius 1 is 0.821 bits per heavy atom. The smallest absolute Gasteiger partial charge is 0.123 e. The van der Waals surface area contributed by atoms with Crippen molar-refractivity contribution >= 4 is 34.8 Å². The highest BCUT2D eigenvalue weighted by atomic mass is 32.2. The number of aliphatic imine (C=N–C) groups is 1. The summed E-state index contributed by atoms with van der Waals surface area (Å²) < 4.78 is 0. The molecule has 39 heavy (non-hydrogen) atoms. The van der Waals surface area contributed by atoms with Gasteiger partial charge in [-0.25, -0.2) is 4.98 Å². The van der Waals surface area contributed by atoms with Crippen molar-refractivity contribution in [2.24, 2.45) is 10.9 Å². The first-order valence-electron chi connectivity index (χ1n) is 14.8. The molecule has 0 aromatic carbocycles. The summed E-state index contributed by atoms with van der Waals surface area (Å²) in [5, 5.41) is 8.79. The molecule has 208 valence electrons. The number of thioether (sulfide) groups is 2. The van der Waals surface area contributed by atoms with Gasteiger partial charge in [0.25, 0.3) is 0 Å². The van der Waals surface area contributed by atoms with E-state index in [4.69, 9.17) is 9.98 Å². The topological polar surface area (TPSA) is 65.1 Å². The third kappa shape index (κ3) is 5.97. The van der Waals surface area contributed by atoms with Gasteiger partial charge in [0.1, 0.15) is 5.82 Å². The first kappa shape index (κ1) is 27.4. The second kappa shape index (κ2) is 12.4. The van der Waals surface area contributed by atoms with Crippen LogP contribution in [0.1, 0.15) is 75.9 Å². The van der Waals surface area contributed by atoms with Crippen LogP contribution < -0.4 is 10.6 Å². The summed E-state index contributed by atoms with van der Waals surface area (Å²) in [4.78, 5) is 13.6. The molecule has 4 heterocycles. The fourth-order valence-corrected chi connectivity index (χ4v) is 8.01. The monoisotopic (exact) mass is 561 g/mol. The molecule has 1 aromatic heterocycles. The summed E-state index contributed by atoms with van der Waals surface area (Å²) in [6, 6.07) is 0.807. The average molecular weight is 562 g/mol.